The van der Waals surface area contributed by atoms with Gasteiger partial charge in [0.2, 0.25) is 6.17 Å². The van der Waals surface area contributed by atoms with Crippen LogP contribution < -0.4 is 4.90 Å². The van der Waals surface area contributed by atoms with E-state index in [1.54, 1.807) is 0 Å². The first kappa shape index (κ1) is 12.6. The number of hydrogen-bond acceptors (Lipinski definition) is 2. The van der Waals surface area contributed by atoms with Crippen molar-refractivity contribution in [2.24, 2.45) is 0 Å². The minimum absolute atomic E-state index is 0.370. The SMILES string of the molecule is CC(O)C(F)C(=O)N(C)c1ccc(F)cc1. The molecule has 1 aromatic carbocycles. The van der Waals surface area contributed by atoms with Gasteiger partial charge in [0.25, 0.3) is 5.91 Å². The van der Waals surface area contributed by atoms with E-state index in [2.05, 4.69) is 0 Å². The van der Waals surface area contributed by atoms with Crippen LogP contribution in [0.25, 0.3) is 0 Å². The number of alkyl halides is 1. The minimum atomic E-state index is -1.98. The molecule has 0 bridgehead atoms. The largest absolute Gasteiger partial charge is 0.390 e. The second kappa shape index (κ2) is 5.03. The molecule has 2 unspecified atom stereocenters. The van der Waals surface area contributed by atoms with E-state index in [1.807, 2.05) is 0 Å². The molecule has 1 aromatic rings. The normalized spacial score (nSPS) is 14.3. The Morgan fingerprint density at radius 2 is 1.88 bits per heavy atom. The van der Waals surface area contributed by atoms with E-state index in [0.717, 1.165) is 4.90 Å². The Balaban J connectivity index is 2.82. The average Bonchev–Trinajstić information content (AvgIpc) is 2.27. The van der Waals surface area contributed by atoms with Gasteiger partial charge in [0.1, 0.15) is 5.82 Å². The molecule has 1 N–H and O–H groups in total. The third-order valence-electron chi connectivity index (χ3n) is 2.20. The minimum Gasteiger partial charge on any atom is -0.390 e. The van der Waals surface area contributed by atoms with Crippen molar-refractivity contribution < 1.29 is 18.7 Å². The summed E-state index contributed by atoms with van der Waals surface area (Å²) in [6.45, 7) is 1.20. The molecule has 5 heteroatoms. The number of halogens is 2. The fourth-order valence-corrected chi connectivity index (χ4v) is 1.18. The highest BCUT2D eigenvalue weighted by molar-refractivity contribution is 5.96. The van der Waals surface area contributed by atoms with Gasteiger partial charge in [-0.05, 0) is 31.2 Å². The van der Waals surface area contributed by atoms with Crippen molar-refractivity contribution in [2.75, 3.05) is 11.9 Å². The highest BCUT2D eigenvalue weighted by Crippen LogP contribution is 2.15. The maximum Gasteiger partial charge on any atom is 0.263 e. The Labute approximate surface area is 92.3 Å². The van der Waals surface area contributed by atoms with E-state index in [1.165, 1.54) is 38.2 Å². The van der Waals surface area contributed by atoms with Crippen molar-refractivity contribution in [3.05, 3.63) is 30.1 Å². The molecule has 0 aliphatic carbocycles. The number of carbonyl (C=O) groups excluding carboxylic acids is 1. The summed E-state index contributed by atoms with van der Waals surface area (Å²) in [5.41, 5.74) is 0.370. The maximum atomic E-state index is 13.2. The molecular formula is C11H13F2NO2. The van der Waals surface area contributed by atoms with Gasteiger partial charge in [-0.25, -0.2) is 8.78 Å². The summed E-state index contributed by atoms with van der Waals surface area (Å²) in [5, 5.41) is 8.95. The molecule has 2 atom stereocenters. The average molecular weight is 229 g/mol. The molecule has 0 radical (unpaired) electrons. The molecule has 0 fully saturated rings. The van der Waals surface area contributed by atoms with E-state index < -0.39 is 24.0 Å². The molecule has 0 spiro atoms. The fraction of sp³-hybridized carbons (Fsp3) is 0.364. The van der Waals surface area contributed by atoms with E-state index in [0.29, 0.717) is 5.69 Å². The molecular weight excluding hydrogens is 216 g/mol. The summed E-state index contributed by atoms with van der Waals surface area (Å²) in [6, 6.07) is 5.08. The van der Waals surface area contributed by atoms with Gasteiger partial charge in [-0.3, -0.25) is 4.79 Å². The molecule has 88 valence electrons. The van der Waals surface area contributed by atoms with Gasteiger partial charge in [-0.15, -0.1) is 0 Å². The lowest BCUT2D eigenvalue weighted by molar-refractivity contribution is -0.126. The van der Waals surface area contributed by atoms with Crippen LogP contribution in [0.3, 0.4) is 0 Å². The summed E-state index contributed by atoms with van der Waals surface area (Å²) in [4.78, 5) is 12.5. The molecule has 0 aliphatic heterocycles. The number of anilines is 1. The lowest BCUT2D eigenvalue weighted by atomic mass is 10.2. The third-order valence-corrected chi connectivity index (χ3v) is 2.20. The van der Waals surface area contributed by atoms with Gasteiger partial charge in [0.15, 0.2) is 0 Å². The predicted molar refractivity (Wildman–Crippen MR) is 56.4 cm³/mol. The Morgan fingerprint density at radius 1 is 1.38 bits per heavy atom. The summed E-state index contributed by atoms with van der Waals surface area (Å²) in [5.74, 6) is -1.29. The third kappa shape index (κ3) is 2.76. The maximum absolute atomic E-state index is 13.2. The fourth-order valence-electron chi connectivity index (χ4n) is 1.18. The Kier molecular flexibility index (Phi) is 3.95. The molecule has 0 heterocycles. The van der Waals surface area contributed by atoms with E-state index >= 15 is 0 Å². The quantitative estimate of drug-likeness (QED) is 0.853. The number of aliphatic hydroxyl groups excluding tert-OH is 1. The number of amides is 1. The van der Waals surface area contributed by atoms with Gasteiger partial charge in [0.05, 0.1) is 6.10 Å². The van der Waals surface area contributed by atoms with Crippen LogP contribution in [0.15, 0.2) is 24.3 Å². The molecule has 0 saturated heterocycles. The van der Waals surface area contributed by atoms with Gasteiger partial charge < -0.3 is 10.0 Å². The van der Waals surface area contributed by atoms with Crippen molar-refractivity contribution >= 4 is 11.6 Å². The smallest absolute Gasteiger partial charge is 0.263 e. The zero-order chi connectivity index (χ0) is 12.3. The Bertz CT molecular complexity index is 365. The van der Waals surface area contributed by atoms with Gasteiger partial charge >= 0.3 is 0 Å². The van der Waals surface area contributed by atoms with Crippen LogP contribution in [0.1, 0.15) is 6.92 Å². The van der Waals surface area contributed by atoms with Crippen molar-refractivity contribution in [3.63, 3.8) is 0 Å². The number of benzene rings is 1. The van der Waals surface area contributed by atoms with E-state index in [-0.39, 0.29) is 0 Å². The molecule has 3 nitrogen and oxygen atoms in total. The summed E-state index contributed by atoms with van der Waals surface area (Å²) in [6.07, 6.45) is -3.34. The highest BCUT2D eigenvalue weighted by Gasteiger charge is 2.26. The number of aliphatic hydroxyl groups is 1. The number of rotatable bonds is 3. The standard InChI is InChI=1S/C11H13F2NO2/c1-7(15)10(13)11(16)14(2)9-5-3-8(12)4-6-9/h3-7,10,15H,1-2H3. The van der Waals surface area contributed by atoms with Crippen LogP contribution in [0.4, 0.5) is 14.5 Å². The summed E-state index contributed by atoms with van der Waals surface area (Å²) < 4.78 is 25.8. The Hall–Kier alpha value is -1.49. The van der Waals surface area contributed by atoms with Crippen molar-refractivity contribution in [1.82, 2.24) is 0 Å². The van der Waals surface area contributed by atoms with Gasteiger partial charge in [0, 0.05) is 12.7 Å². The lowest BCUT2D eigenvalue weighted by Crippen LogP contribution is -2.39. The topological polar surface area (TPSA) is 40.5 Å². The van der Waals surface area contributed by atoms with Crippen LogP contribution in [0.5, 0.6) is 0 Å². The zero-order valence-corrected chi connectivity index (χ0v) is 9.02. The first-order valence-electron chi connectivity index (χ1n) is 4.78. The number of hydrogen-bond donors (Lipinski definition) is 1. The van der Waals surface area contributed by atoms with E-state index in [4.69, 9.17) is 5.11 Å². The molecule has 0 aromatic heterocycles. The summed E-state index contributed by atoms with van der Waals surface area (Å²) in [7, 11) is 1.37. The van der Waals surface area contributed by atoms with Crippen LogP contribution in [0, 0.1) is 5.82 Å². The van der Waals surface area contributed by atoms with Gasteiger partial charge in [-0.2, -0.15) is 0 Å². The lowest BCUT2D eigenvalue weighted by Gasteiger charge is -2.20. The molecule has 1 amide bonds. The molecule has 0 saturated carbocycles. The first-order chi connectivity index (χ1) is 7.43. The Morgan fingerprint density at radius 3 is 2.31 bits per heavy atom. The molecule has 0 aliphatic rings. The van der Waals surface area contributed by atoms with Crippen LogP contribution in [0.2, 0.25) is 0 Å². The molecule has 1 rings (SSSR count). The number of carbonyl (C=O) groups is 1. The molecule has 16 heavy (non-hydrogen) atoms. The van der Waals surface area contributed by atoms with Gasteiger partial charge in [-0.1, -0.05) is 0 Å². The second-order valence-electron chi connectivity index (χ2n) is 3.52. The predicted octanol–water partition coefficient (Wildman–Crippen LogP) is 1.51. The van der Waals surface area contributed by atoms with Crippen LogP contribution in [-0.4, -0.2) is 30.3 Å². The monoisotopic (exact) mass is 229 g/mol. The summed E-state index contributed by atoms with van der Waals surface area (Å²) >= 11 is 0. The van der Waals surface area contributed by atoms with Crippen LogP contribution in [-0.2, 0) is 4.79 Å². The van der Waals surface area contributed by atoms with Crippen molar-refractivity contribution in [3.8, 4) is 0 Å². The van der Waals surface area contributed by atoms with Crippen LogP contribution >= 0.6 is 0 Å². The van der Waals surface area contributed by atoms with Crippen molar-refractivity contribution in [1.29, 1.82) is 0 Å². The van der Waals surface area contributed by atoms with E-state index in [9.17, 15) is 13.6 Å². The highest BCUT2D eigenvalue weighted by atomic mass is 19.1. The van der Waals surface area contributed by atoms with Crippen molar-refractivity contribution in [2.45, 2.75) is 19.2 Å². The second-order valence-corrected chi connectivity index (χ2v) is 3.52. The number of nitrogens with zero attached hydrogens (tertiary/aromatic N) is 1. The first-order valence-corrected chi connectivity index (χ1v) is 4.78. The zero-order valence-electron chi connectivity index (χ0n) is 9.02.